The summed E-state index contributed by atoms with van der Waals surface area (Å²) in [6, 6.07) is 7.13. The van der Waals surface area contributed by atoms with Gasteiger partial charge in [-0.3, -0.25) is 0 Å². The molecule has 6 atom stereocenters. The normalized spacial score (nSPS) is 30.2. The number of ether oxygens (including phenoxy) is 1. The highest BCUT2D eigenvalue weighted by Gasteiger charge is 2.40. The summed E-state index contributed by atoms with van der Waals surface area (Å²) in [6.45, 7) is 9.50. The van der Waals surface area contributed by atoms with Crippen molar-refractivity contribution in [3.8, 4) is 0 Å². The third kappa shape index (κ3) is 4.61. The highest BCUT2D eigenvalue weighted by atomic mass is 32.2. The van der Waals surface area contributed by atoms with E-state index in [0.29, 0.717) is 4.90 Å². The van der Waals surface area contributed by atoms with Gasteiger partial charge in [-0.05, 0) is 31.9 Å². The third-order valence-corrected chi connectivity index (χ3v) is 7.44. The van der Waals surface area contributed by atoms with Crippen molar-refractivity contribution in [2.45, 2.75) is 63.9 Å². The molecule has 1 aliphatic rings. The molecule has 5 nitrogen and oxygen atoms in total. The first-order chi connectivity index (χ1) is 11.7. The minimum absolute atomic E-state index is 0.0858. The van der Waals surface area contributed by atoms with Crippen molar-refractivity contribution in [3.63, 3.8) is 0 Å². The number of hydrogen-bond donors (Lipinski definition) is 2. The molecule has 1 heterocycles. The van der Waals surface area contributed by atoms with Crippen LogP contribution in [0.3, 0.4) is 0 Å². The maximum atomic E-state index is 13.8. The molecule has 1 fully saturated rings. The Morgan fingerprint density at radius 3 is 2.28 bits per heavy atom. The summed E-state index contributed by atoms with van der Waals surface area (Å²) in [7, 11) is -2.78. The fourth-order valence-corrected chi connectivity index (χ4v) is 5.61. The summed E-state index contributed by atoms with van der Waals surface area (Å²) in [5, 5.41) is 19.8. The summed E-state index contributed by atoms with van der Waals surface area (Å²) in [5.74, 6) is 0.202. The Morgan fingerprint density at radius 2 is 1.84 bits per heavy atom. The van der Waals surface area contributed by atoms with Crippen molar-refractivity contribution < 1.29 is 19.2 Å². The largest absolute Gasteiger partial charge is 0.394 e. The van der Waals surface area contributed by atoms with E-state index in [-0.39, 0.29) is 36.4 Å². The number of nitrogens with zero attached hydrogens (tertiary/aromatic N) is 1. The number of hydrogen-bond acceptors (Lipinski definition) is 5. The molecule has 0 spiro atoms. The summed E-state index contributed by atoms with van der Waals surface area (Å²) in [6.07, 6.45) is -1.17. The Hall–Kier alpha value is -0.950. The molecule has 1 unspecified atom stereocenters. The maximum absolute atomic E-state index is 13.8. The second-order valence-corrected chi connectivity index (χ2v) is 9.75. The average molecular weight is 370 g/mol. The number of rotatable bonds is 6. The van der Waals surface area contributed by atoms with E-state index in [1.165, 1.54) is 0 Å². The topological polar surface area (TPSA) is 79.1 Å². The van der Waals surface area contributed by atoms with Gasteiger partial charge in [0, 0.05) is 10.8 Å². The SMILES string of the molecule is Cc1ccc(S(=O)(C[C@H]2O[C@H](C)[C@H](O)[C@@H]2C)=N[C@H](CO)C(C)C)cc1. The lowest BCUT2D eigenvalue weighted by Gasteiger charge is -2.22. The first-order valence-corrected chi connectivity index (χ1v) is 10.6. The Bertz CT molecular complexity index is 679. The lowest BCUT2D eigenvalue weighted by molar-refractivity contribution is 0.0298. The van der Waals surface area contributed by atoms with E-state index < -0.39 is 21.9 Å². The Morgan fingerprint density at radius 1 is 1.24 bits per heavy atom. The van der Waals surface area contributed by atoms with Crippen molar-refractivity contribution in [1.29, 1.82) is 0 Å². The highest BCUT2D eigenvalue weighted by Crippen LogP contribution is 2.30. The van der Waals surface area contributed by atoms with Gasteiger partial charge in [0.2, 0.25) is 0 Å². The molecule has 1 aromatic rings. The molecule has 1 saturated heterocycles. The standard InChI is InChI=1S/C19H31NO4S/c1-12(2)17(10-21)20-25(23,16-8-6-13(3)7-9-16)11-18-14(4)19(22)15(5)24-18/h6-9,12,14-15,17-19,21-22H,10-11H2,1-5H3/t14-,15-,17-,18-,19-,25?/m1/s1. The van der Waals surface area contributed by atoms with Crippen LogP contribution < -0.4 is 0 Å². The van der Waals surface area contributed by atoms with E-state index in [4.69, 9.17) is 4.74 Å². The van der Waals surface area contributed by atoms with Gasteiger partial charge in [-0.15, -0.1) is 0 Å². The smallest absolute Gasteiger partial charge is 0.0850 e. The molecule has 6 heteroatoms. The minimum Gasteiger partial charge on any atom is -0.394 e. The zero-order chi connectivity index (χ0) is 18.8. The van der Waals surface area contributed by atoms with Gasteiger partial charge in [-0.2, -0.15) is 0 Å². The van der Waals surface area contributed by atoms with Crippen molar-refractivity contribution >= 4 is 9.73 Å². The molecular weight excluding hydrogens is 338 g/mol. The predicted molar refractivity (Wildman–Crippen MR) is 100 cm³/mol. The Labute approximate surface area is 151 Å². The van der Waals surface area contributed by atoms with Crippen molar-refractivity contribution in [1.82, 2.24) is 0 Å². The molecule has 2 N–H and O–H groups in total. The molecule has 0 aromatic heterocycles. The molecule has 0 bridgehead atoms. The molecule has 2 rings (SSSR count). The number of aryl methyl sites for hydroxylation is 1. The first-order valence-electron chi connectivity index (χ1n) is 8.93. The van der Waals surface area contributed by atoms with Crippen LogP contribution in [0.15, 0.2) is 33.5 Å². The molecule has 142 valence electrons. The maximum Gasteiger partial charge on any atom is 0.0850 e. The van der Waals surface area contributed by atoms with Crippen molar-refractivity contribution in [2.24, 2.45) is 16.2 Å². The van der Waals surface area contributed by atoms with E-state index in [0.717, 1.165) is 5.56 Å². The summed E-state index contributed by atoms with van der Waals surface area (Å²) < 4.78 is 24.3. The fourth-order valence-electron chi connectivity index (χ4n) is 3.08. The zero-order valence-corrected chi connectivity index (χ0v) is 16.6. The molecule has 0 amide bonds. The average Bonchev–Trinajstić information content (AvgIpc) is 2.80. The molecule has 0 aliphatic carbocycles. The Balaban J connectivity index is 2.44. The summed E-state index contributed by atoms with van der Waals surface area (Å²) in [5.41, 5.74) is 1.09. The zero-order valence-electron chi connectivity index (χ0n) is 15.8. The van der Waals surface area contributed by atoms with E-state index in [9.17, 15) is 14.4 Å². The molecule has 1 aromatic carbocycles. The van der Waals surface area contributed by atoms with Gasteiger partial charge in [0.1, 0.15) is 0 Å². The summed E-state index contributed by atoms with van der Waals surface area (Å²) >= 11 is 0. The second kappa shape index (κ2) is 8.16. The van der Waals surface area contributed by atoms with Gasteiger partial charge in [-0.1, -0.05) is 38.5 Å². The second-order valence-electron chi connectivity index (χ2n) is 7.45. The van der Waals surface area contributed by atoms with Crippen LogP contribution in [0.1, 0.15) is 33.3 Å². The molecule has 0 saturated carbocycles. The van der Waals surface area contributed by atoms with Crippen LogP contribution in [0, 0.1) is 18.8 Å². The fraction of sp³-hybridized carbons (Fsp3) is 0.684. The van der Waals surface area contributed by atoms with Crippen LogP contribution in [0.5, 0.6) is 0 Å². The molecule has 25 heavy (non-hydrogen) atoms. The van der Waals surface area contributed by atoms with Gasteiger partial charge < -0.3 is 14.9 Å². The van der Waals surface area contributed by atoms with Crippen LogP contribution in [0.4, 0.5) is 0 Å². The van der Waals surface area contributed by atoms with Crippen molar-refractivity contribution in [3.05, 3.63) is 29.8 Å². The number of aliphatic hydroxyl groups is 2. The van der Waals surface area contributed by atoms with E-state index in [1.54, 1.807) is 0 Å². The highest BCUT2D eigenvalue weighted by molar-refractivity contribution is 7.93. The van der Waals surface area contributed by atoms with E-state index in [1.807, 2.05) is 58.9 Å². The minimum atomic E-state index is -2.78. The molecule has 0 radical (unpaired) electrons. The predicted octanol–water partition coefficient (Wildman–Crippen LogP) is 2.62. The van der Waals surface area contributed by atoms with Crippen LogP contribution in [0.2, 0.25) is 0 Å². The lowest BCUT2D eigenvalue weighted by atomic mass is 10.0. The van der Waals surface area contributed by atoms with Gasteiger partial charge >= 0.3 is 0 Å². The van der Waals surface area contributed by atoms with E-state index >= 15 is 0 Å². The van der Waals surface area contributed by atoms with Crippen LogP contribution >= 0.6 is 0 Å². The van der Waals surface area contributed by atoms with E-state index in [2.05, 4.69) is 4.36 Å². The quantitative estimate of drug-likeness (QED) is 0.808. The summed E-state index contributed by atoms with van der Waals surface area (Å²) in [4.78, 5) is 0.655. The molecule has 1 aliphatic heterocycles. The van der Waals surface area contributed by atoms with Gasteiger partial charge in [0.05, 0.1) is 46.4 Å². The number of benzene rings is 1. The van der Waals surface area contributed by atoms with Crippen LogP contribution in [-0.4, -0.2) is 51.1 Å². The van der Waals surface area contributed by atoms with Crippen LogP contribution in [0.25, 0.3) is 0 Å². The van der Waals surface area contributed by atoms with Gasteiger partial charge in [0.15, 0.2) is 0 Å². The Kier molecular flexibility index (Phi) is 6.65. The molecular formula is C19H31NO4S. The number of aliphatic hydroxyl groups excluding tert-OH is 2. The monoisotopic (exact) mass is 369 g/mol. The van der Waals surface area contributed by atoms with Gasteiger partial charge in [-0.25, -0.2) is 8.57 Å². The lowest BCUT2D eigenvalue weighted by Crippen LogP contribution is -2.30. The van der Waals surface area contributed by atoms with Crippen molar-refractivity contribution in [2.75, 3.05) is 12.4 Å². The first kappa shape index (κ1) is 20.4. The van der Waals surface area contributed by atoms with Crippen LogP contribution in [-0.2, 0) is 14.5 Å². The van der Waals surface area contributed by atoms with Gasteiger partial charge in [0.25, 0.3) is 0 Å². The third-order valence-electron chi connectivity index (χ3n) is 5.04.